The van der Waals surface area contributed by atoms with Crippen molar-refractivity contribution >= 4 is 23.5 Å². The van der Waals surface area contributed by atoms with Crippen LogP contribution in [0.2, 0.25) is 0 Å². The van der Waals surface area contributed by atoms with E-state index >= 15 is 0 Å². The van der Waals surface area contributed by atoms with Gasteiger partial charge in [-0.05, 0) is 25.7 Å². The van der Waals surface area contributed by atoms with Gasteiger partial charge in [0, 0.05) is 25.3 Å². The summed E-state index contributed by atoms with van der Waals surface area (Å²) in [6, 6.07) is 0. The number of rotatable bonds is 35. The Morgan fingerprint density at radius 1 is 0.415 bits per heavy atom. The quantitative estimate of drug-likeness (QED) is 0.0636. The number of carboxylic acids is 1. The molecule has 0 unspecified atom stereocenters. The van der Waals surface area contributed by atoms with E-state index in [9.17, 15) is 9.59 Å². The van der Waals surface area contributed by atoms with Gasteiger partial charge < -0.3 is 47.7 Å². The Morgan fingerprint density at radius 3 is 1.15 bits per heavy atom. The zero-order chi connectivity index (χ0) is 29.9. The number of unbranched alkanes of at least 4 members (excludes halogenated alkanes) is 4. The van der Waals surface area contributed by atoms with E-state index in [2.05, 4.69) is 0 Å². The van der Waals surface area contributed by atoms with Crippen molar-refractivity contribution in [3.63, 3.8) is 0 Å². The first-order valence-corrected chi connectivity index (χ1v) is 15.3. The third-order valence-electron chi connectivity index (χ3n) is 5.29. The van der Waals surface area contributed by atoms with E-state index in [0.717, 1.165) is 38.2 Å². The summed E-state index contributed by atoms with van der Waals surface area (Å²) in [5.74, 6) is -0.466. The van der Waals surface area contributed by atoms with Gasteiger partial charge in [0.2, 0.25) is 0 Å². The summed E-state index contributed by atoms with van der Waals surface area (Å²) in [5, 5.41) is 8.53. The van der Waals surface area contributed by atoms with Crippen molar-refractivity contribution in [2.24, 2.45) is 0 Å². The van der Waals surface area contributed by atoms with E-state index in [1.54, 1.807) is 0 Å². The first-order valence-electron chi connectivity index (χ1n) is 14.7. The standard InChI is InChI=1S/C28H53ClO12/c29-9-5-1-2-6-10-33-11-12-34-13-14-35-15-16-36-17-18-37-19-20-38-21-22-39-23-24-40-25-26-41-28(32)8-4-3-7-27(30)31/h1-26H2,(H,30,31). The summed E-state index contributed by atoms with van der Waals surface area (Å²) in [7, 11) is 0. The van der Waals surface area contributed by atoms with E-state index in [-0.39, 0.29) is 32.0 Å². The Morgan fingerprint density at radius 2 is 0.756 bits per heavy atom. The summed E-state index contributed by atoms with van der Waals surface area (Å²) < 4.78 is 48.5. The maximum absolute atomic E-state index is 11.5. The fourth-order valence-electron chi connectivity index (χ4n) is 3.13. The third-order valence-corrected chi connectivity index (χ3v) is 5.56. The molecule has 0 aromatic rings. The molecule has 0 fully saturated rings. The number of aliphatic carboxylic acids is 1. The molecule has 244 valence electrons. The average Bonchev–Trinajstić information content (AvgIpc) is 2.96. The zero-order valence-electron chi connectivity index (χ0n) is 24.7. The Bertz CT molecular complexity index is 556. The van der Waals surface area contributed by atoms with Crippen molar-refractivity contribution in [1.29, 1.82) is 0 Å². The van der Waals surface area contributed by atoms with Crippen LogP contribution in [-0.4, -0.2) is 135 Å². The molecule has 0 rings (SSSR count). The van der Waals surface area contributed by atoms with E-state index < -0.39 is 5.97 Å². The molecule has 0 aliphatic rings. The SMILES string of the molecule is O=C(O)CCCCC(=O)OCCOCCOCCOCCOCCOCCOCCOCCOCCCCCCCl. The van der Waals surface area contributed by atoms with E-state index in [1.165, 1.54) is 0 Å². The largest absolute Gasteiger partial charge is 0.481 e. The number of hydrogen-bond donors (Lipinski definition) is 1. The van der Waals surface area contributed by atoms with Crippen molar-refractivity contribution in [2.45, 2.75) is 51.4 Å². The Balaban J connectivity index is 3.09. The molecule has 0 aromatic carbocycles. The molecule has 0 spiro atoms. The normalized spacial score (nSPS) is 11.2. The van der Waals surface area contributed by atoms with Gasteiger partial charge in [0.25, 0.3) is 0 Å². The lowest BCUT2D eigenvalue weighted by molar-refractivity contribution is -0.146. The Hall–Kier alpha value is -1.09. The molecule has 0 radical (unpaired) electrons. The molecule has 0 bridgehead atoms. The molecule has 1 N–H and O–H groups in total. The second-order valence-corrected chi connectivity index (χ2v) is 9.20. The maximum Gasteiger partial charge on any atom is 0.305 e. The molecular weight excluding hydrogens is 564 g/mol. The molecule has 0 atom stereocenters. The highest BCUT2D eigenvalue weighted by Crippen LogP contribution is 2.02. The minimum atomic E-state index is -0.860. The van der Waals surface area contributed by atoms with E-state index in [0.29, 0.717) is 105 Å². The van der Waals surface area contributed by atoms with Crippen LogP contribution >= 0.6 is 11.6 Å². The highest BCUT2D eigenvalue weighted by molar-refractivity contribution is 6.17. The van der Waals surface area contributed by atoms with Gasteiger partial charge >= 0.3 is 11.9 Å². The molecule has 0 aromatic heterocycles. The predicted octanol–water partition coefficient (Wildman–Crippen LogP) is 3.11. The second kappa shape index (κ2) is 35.1. The van der Waals surface area contributed by atoms with Crippen LogP contribution in [0.5, 0.6) is 0 Å². The number of hydrogen-bond acceptors (Lipinski definition) is 11. The monoisotopic (exact) mass is 616 g/mol. The van der Waals surface area contributed by atoms with Crippen LogP contribution in [0.3, 0.4) is 0 Å². The third kappa shape index (κ3) is 36.9. The topological polar surface area (TPSA) is 137 Å². The first-order chi connectivity index (χ1) is 20.2. The number of esters is 1. The summed E-state index contributed by atoms with van der Waals surface area (Å²) in [6.07, 6.45) is 5.72. The van der Waals surface area contributed by atoms with Gasteiger partial charge in [-0.2, -0.15) is 0 Å². The van der Waals surface area contributed by atoms with Crippen LogP contribution in [0.1, 0.15) is 51.4 Å². The van der Waals surface area contributed by atoms with Crippen molar-refractivity contribution < 1.29 is 57.3 Å². The van der Waals surface area contributed by atoms with Gasteiger partial charge in [0.1, 0.15) is 6.61 Å². The highest BCUT2D eigenvalue weighted by Gasteiger charge is 2.04. The minimum Gasteiger partial charge on any atom is -0.481 e. The number of halogens is 1. The molecule has 13 heteroatoms. The lowest BCUT2D eigenvalue weighted by Gasteiger charge is -2.09. The van der Waals surface area contributed by atoms with Gasteiger partial charge in [0.15, 0.2) is 0 Å². The number of alkyl halides is 1. The van der Waals surface area contributed by atoms with Crippen LogP contribution in [-0.2, 0) is 52.2 Å². The van der Waals surface area contributed by atoms with Gasteiger partial charge in [-0.3, -0.25) is 9.59 Å². The predicted molar refractivity (Wildman–Crippen MR) is 153 cm³/mol. The van der Waals surface area contributed by atoms with Gasteiger partial charge in [-0.25, -0.2) is 0 Å². The highest BCUT2D eigenvalue weighted by atomic mass is 35.5. The Labute approximate surface area is 250 Å². The Kier molecular flexibility index (Phi) is 34.2. The van der Waals surface area contributed by atoms with Crippen molar-refractivity contribution in [2.75, 3.05) is 118 Å². The molecule has 41 heavy (non-hydrogen) atoms. The molecule has 0 heterocycles. The fraction of sp³-hybridized carbons (Fsp3) is 0.929. The molecule has 0 amide bonds. The van der Waals surface area contributed by atoms with E-state index in [4.69, 9.17) is 59.3 Å². The zero-order valence-corrected chi connectivity index (χ0v) is 25.5. The molecule has 0 aliphatic carbocycles. The number of carbonyl (C=O) groups excluding carboxylic acids is 1. The van der Waals surface area contributed by atoms with Crippen LogP contribution in [0.15, 0.2) is 0 Å². The number of ether oxygens (including phenoxy) is 9. The molecule has 0 aliphatic heterocycles. The van der Waals surface area contributed by atoms with Crippen molar-refractivity contribution in [3.8, 4) is 0 Å². The van der Waals surface area contributed by atoms with Crippen molar-refractivity contribution in [3.05, 3.63) is 0 Å². The van der Waals surface area contributed by atoms with Crippen LogP contribution in [0.25, 0.3) is 0 Å². The van der Waals surface area contributed by atoms with Crippen LogP contribution < -0.4 is 0 Å². The molecule has 0 saturated carbocycles. The maximum atomic E-state index is 11.5. The second-order valence-electron chi connectivity index (χ2n) is 8.82. The lowest BCUT2D eigenvalue weighted by Crippen LogP contribution is -2.15. The molecule has 0 saturated heterocycles. The van der Waals surface area contributed by atoms with Gasteiger partial charge in [0.05, 0.1) is 99.1 Å². The number of carbonyl (C=O) groups is 2. The van der Waals surface area contributed by atoms with Crippen molar-refractivity contribution in [1.82, 2.24) is 0 Å². The fourth-order valence-corrected chi connectivity index (χ4v) is 3.31. The minimum absolute atomic E-state index is 0.0637. The summed E-state index contributed by atoms with van der Waals surface area (Å²) >= 11 is 5.64. The van der Waals surface area contributed by atoms with Crippen LogP contribution in [0.4, 0.5) is 0 Å². The molecule has 12 nitrogen and oxygen atoms in total. The lowest BCUT2D eigenvalue weighted by atomic mass is 10.2. The van der Waals surface area contributed by atoms with Gasteiger partial charge in [-0.15, -0.1) is 11.6 Å². The van der Waals surface area contributed by atoms with E-state index in [1.807, 2.05) is 0 Å². The van der Waals surface area contributed by atoms with Crippen LogP contribution in [0, 0.1) is 0 Å². The molecular formula is C28H53ClO12. The average molecular weight is 617 g/mol. The summed E-state index contributed by atoms with van der Waals surface area (Å²) in [4.78, 5) is 21.8. The smallest absolute Gasteiger partial charge is 0.305 e. The number of carboxylic acid groups (broad SMARTS) is 1. The summed E-state index contributed by atoms with van der Waals surface area (Å²) in [5.41, 5.74) is 0. The first kappa shape index (κ1) is 39.9. The van der Waals surface area contributed by atoms with Gasteiger partial charge in [-0.1, -0.05) is 12.8 Å². The summed E-state index contributed by atoms with van der Waals surface area (Å²) in [6.45, 7) is 8.19.